The van der Waals surface area contributed by atoms with Gasteiger partial charge in [0.2, 0.25) is 0 Å². The van der Waals surface area contributed by atoms with Crippen LogP contribution in [0.1, 0.15) is 12.5 Å². The maximum absolute atomic E-state index is 10.9. The minimum absolute atomic E-state index is 0.0617. The van der Waals surface area contributed by atoms with E-state index in [0.717, 1.165) is 5.69 Å². The van der Waals surface area contributed by atoms with Gasteiger partial charge in [0.1, 0.15) is 23.7 Å². The van der Waals surface area contributed by atoms with Crippen LogP contribution in [0, 0.1) is 6.92 Å². The van der Waals surface area contributed by atoms with Crippen molar-refractivity contribution in [3.8, 4) is 0 Å². The van der Waals surface area contributed by atoms with Gasteiger partial charge in [0.05, 0.1) is 6.54 Å². The Hall–Kier alpha value is -2.43. The fourth-order valence-corrected chi connectivity index (χ4v) is 1.52. The Kier molecular flexibility index (Phi) is 4.07. The van der Waals surface area contributed by atoms with Crippen LogP contribution in [0.4, 0.5) is 17.3 Å². The molecule has 0 aliphatic heterocycles. The SMILES string of the molecule is CC(=O)CNc1cc(Nc2ccc(C)cc2)ncn1. The van der Waals surface area contributed by atoms with Crippen molar-refractivity contribution >= 4 is 23.1 Å². The van der Waals surface area contributed by atoms with Gasteiger partial charge in [-0.3, -0.25) is 4.79 Å². The summed E-state index contributed by atoms with van der Waals surface area (Å²) in [6, 6.07) is 9.79. The van der Waals surface area contributed by atoms with Crippen molar-refractivity contribution in [3.05, 3.63) is 42.2 Å². The number of anilines is 3. The summed E-state index contributed by atoms with van der Waals surface area (Å²) < 4.78 is 0. The number of hydrogen-bond donors (Lipinski definition) is 2. The molecular formula is C14H16N4O. The largest absolute Gasteiger partial charge is 0.363 e. The molecule has 98 valence electrons. The van der Waals surface area contributed by atoms with Crippen molar-refractivity contribution in [3.63, 3.8) is 0 Å². The van der Waals surface area contributed by atoms with Crippen molar-refractivity contribution < 1.29 is 4.79 Å². The summed E-state index contributed by atoms with van der Waals surface area (Å²) in [6.45, 7) is 3.83. The summed E-state index contributed by atoms with van der Waals surface area (Å²) in [5, 5.41) is 6.12. The van der Waals surface area contributed by atoms with Crippen molar-refractivity contribution in [2.75, 3.05) is 17.2 Å². The maximum atomic E-state index is 10.9. The molecule has 0 saturated carbocycles. The molecule has 0 fully saturated rings. The lowest BCUT2D eigenvalue weighted by Crippen LogP contribution is -2.11. The Morgan fingerprint density at radius 2 is 1.84 bits per heavy atom. The van der Waals surface area contributed by atoms with Crippen molar-refractivity contribution in [2.45, 2.75) is 13.8 Å². The van der Waals surface area contributed by atoms with E-state index in [2.05, 4.69) is 20.6 Å². The fraction of sp³-hybridized carbons (Fsp3) is 0.214. The summed E-state index contributed by atoms with van der Waals surface area (Å²) in [5.74, 6) is 1.37. The average molecular weight is 256 g/mol. The Labute approximate surface area is 112 Å². The topological polar surface area (TPSA) is 66.9 Å². The summed E-state index contributed by atoms with van der Waals surface area (Å²) in [7, 11) is 0. The molecule has 0 unspecified atom stereocenters. The second kappa shape index (κ2) is 5.95. The molecule has 5 heteroatoms. The molecule has 5 nitrogen and oxygen atoms in total. The van der Waals surface area contributed by atoms with E-state index >= 15 is 0 Å². The molecule has 0 amide bonds. The van der Waals surface area contributed by atoms with E-state index in [1.54, 1.807) is 6.07 Å². The third-order valence-corrected chi connectivity index (χ3v) is 2.51. The van der Waals surface area contributed by atoms with E-state index in [-0.39, 0.29) is 12.3 Å². The van der Waals surface area contributed by atoms with E-state index in [1.165, 1.54) is 18.8 Å². The molecule has 1 aromatic carbocycles. The summed E-state index contributed by atoms with van der Waals surface area (Å²) >= 11 is 0. The minimum Gasteiger partial charge on any atom is -0.363 e. The van der Waals surface area contributed by atoms with Crippen LogP contribution < -0.4 is 10.6 Å². The van der Waals surface area contributed by atoms with Gasteiger partial charge >= 0.3 is 0 Å². The summed E-state index contributed by atoms with van der Waals surface area (Å²) in [5.41, 5.74) is 2.17. The zero-order chi connectivity index (χ0) is 13.7. The van der Waals surface area contributed by atoms with Gasteiger partial charge in [-0.15, -0.1) is 0 Å². The number of benzene rings is 1. The number of hydrogen-bond acceptors (Lipinski definition) is 5. The van der Waals surface area contributed by atoms with E-state index < -0.39 is 0 Å². The number of Topliss-reactive ketones (excluding diaryl/α,β-unsaturated/α-hetero) is 1. The van der Waals surface area contributed by atoms with Crippen LogP contribution in [0.15, 0.2) is 36.7 Å². The first-order valence-electron chi connectivity index (χ1n) is 6.02. The van der Waals surface area contributed by atoms with Crippen LogP contribution in [0.2, 0.25) is 0 Å². The number of carbonyl (C=O) groups excluding carboxylic acids is 1. The zero-order valence-corrected chi connectivity index (χ0v) is 11.0. The first-order valence-corrected chi connectivity index (χ1v) is 6.02. The lowest BCUT2D eigenvalue weighted by atomic mass is 10.2. The van der Waals surface area contributed by atoms with Crippen LogP contribution in [0.5, 0.6) is 0 Å². The van der Waals surface area contributed by atoms with Gasteiger partial charge in [-0.1, -0.05) is 17.7 Å². The third kappa shape index (κ3) is 4.06. The smallest absolute Gasteiger partial charge is 0.148 e. The molecule has 0 aliphatic rings. The van der Waals surface area contributed by atoms with Gasteiger partial charge in [0, 0.05) is 11.8 Å². The average Bonchev–Trinajstić information content (AvgIpc) is 2.40. The molecule has 0 bridgehead atoms. The Bertz CT molecular complexity index is 566. The molecule has 2 N–H and O–H groups in total. The highest BCUT2D eigenvalue weighted by molar-refractivity contribution is 5.80. The van der Waals surface area contributed by atoms with Gasteiger partial charge in [-0.2, -0.15) is 0 Å². The number of ketones is 1. The Balaban J connectivity index is 2.06. The van der Waals surface area contributed by atoms with Crippen molar-refractivity contribution in [1.29, 1.82) is 0 Å². The number of nitrogens with zero attached hydrogens (tertiary/aromatic N) is 2. The van der Waals surface area contributed by atoms with Gasteiger partial charge in [0.25, 0.3) is 0 Å². The van der Waals surface area contributed by atoms with Crippen LogP contribution in [0.25, 0.3) is 0 Å². The predicted molar refractivity (Wildman–Crippen MR) is 75.7 cm³/mol. The molecule has 2 rings (SSSR count). The summed E-state index contributed by atoms with van der Waals surface area (Å²) in [6.07, 6.45) is 1.46. The molecule has 0 atom stereocenters. The first kappa shape index (κ1) is 13.0. The molecule has 2 aromatic rings. The highest BCUT2D eigenvalue weighted by Gasteiger charge is 2.00. The standard InChI is InChI=1S/C14H16N4O/c1-10-3-5-12(6-4-10)18-14-7-13(16-9-17-14)15-8-11(2)19/h3-7,9H,8H2,1-2H3,(H2,15,16,17,18). The van der Waals surface area contributed by atoms with Crippen LogP contribution >= 0.6 is 0 Å². The summed E-state index contributed by atoms with van der Waals surface area (Å²) in [4.78, 5) is 19.1. The molecule has 0 radical (unpaired) electrons. The molecule has 0 aliphatic carbocycles. The molecular weight excluding hydrogens is 240 g/mol. The van der Waals surface area contributed by atoms with Crippen molar-refractivity contribution in [2.24, 2.45) is 0 Å². The highest BCUT2D eigenvalue weighted by atomic mass is 16.1. The van der Waals surface area contributed by atoms with Gasteiger partial charge < -0.3 is 10.6 Å². The molecule has 19 heavy (non-hydrogen) atoms. The second-order valence-corrected chi connectivity index (χ2v) is 4.34. The lowest BCUT2D eigenvalue weighted by Gasteiger charge is -2.08. The van der Waals surface area contributed by atoms with Crippen LogP contribution in [-0.2, 0) is 4.79 Å². The number of nitrogens with one attached hydrogen (secondary N) is 2. The number of carbonyl (C=O) groups is 1. The predicted octanol–water partition coefficient (Wildman–Crippen LogP) is 2.53. The molecule has 0 saturated heterocycles. The van der Waals surface area contributed by atoms with E-state index in [9.17, 15) is 4.79 Å². The monoisotopic (exact) mass is 256 g/mol. The van der Waals surface area contributed by atoms with Crippen molar-refractivity contribution in [1.82, 2.24) is 9.97 Å². The maximum Gasteiger partial charge on any atom is 0.148 e. The number of rotatable bonds is 5. The van der Waals surface area contributed by atoms with Gasteiger partial charge in [0.15, 0.2) is 0 Å². The van der Waals surface area contributed by atoms with Gasteiger partial charge in [-0.25, -0.2) is 9.97 Å². The number of aryl methyl sites for hydroxylation is 1. The normalized spacial score (nSPS) is 10.0. The van der Waals surface area contributed by atoms with E-state index in [1.807, 2.05) is 31.2 Å². The fourth-order valence-electron chi connectivity index (χ4n) is 1.52. The molecule has 0 spiro atoms. The minimum atomic E-state index is 0.0617. The lowest BCUT2D eigenvalue weighted by molar-refractivity contribution is -0.115. The molecule has 1 heterocycles. The highest BCUT2D eigenvalue weighted by Crippen LogP contribution is 2.16. The quantitative estimate of drug-likeness (QED) is 0.860. The number of aromatic nitrogens is 2. The van der Waals surface area contributed by atoms with Crippen LogP contribution in [0.3, 0.4) is 0 Å². The Morgan fingerprint density at radius 3 is 2.53 bits per heavy atom. The van der Waals surface area contributed by atoms with Gasteiger partial charge in [-0.05, 0) is 26.0 Å². The zero-order valence-electron chi connectivity index (χ0n) is 11.0. The first-order chi connectivity index (χ1) is 9.13. The van der Waals surface area contributed by atoms with E-state index in [4.69, 9.17) is 0 Å². The third-order valence-electron chi connectivity index (χ3n) is 2.51. The Morgan fingerprint density at radius 1 is 1.16 bits per heavy atom. The van der Waals surface area contributed by atoms with Crippen LogP contribution in [-0.4, -0.2) is 22.3 Å². The molecule has 1 aromatic heterocycles. The second-order valence-electron chi connectivity index (χ2n) is 4.34. The van der Waals surface area contributed by atoms with E-state index in [0.29, 0.717) is 11.6 Å².